The Hall–Kier alpha value is -1.88. The van der Waals surface area contributed by atoms with Gasteiger partial charge in [0.2, 0.25) is 5.91 Å². The van der Waals surface area contributed by atoms with Crippen LogP contribution in [0.2, 0.25) is 0 Å². The standard InChI is InChI=1S/C14H20N2O3/c1-9(2)14(3,13(15)19)16-8-10-6-4-5-7-11(10)12(17)18/h4-7,9,16H,8H2,1-3H3,(H2,15,19)(H,17,18). The smallest absolute Gasteiger partial charge is 0.336 e. The molecule has 0 heterocycles. The lowest BCUT2D eigenvalue weighted by Gasteiger charge is -2.31. The fourth-order valence-electron chi connectivity index (χ4n) is 1.74. The van der Waals surface area contributed by atoms with Crippen LogP contribution in [0.25, 0.3) is 0 Å². The molecule has 5 nitrogen and oxygen atoms in total. The number of primary amides is 1. The van der Waals surface area contributed by atoms with Gasteiger partial charge in [0.1, 0.15) is 0 Å². The quantitative estimate of drug-likeness (QED) is 0.723. The van der Waals surface area contributed by atoms with Crippen molar-refractivity contribution < 1.29 is 14.7 Å². The van der Waals surface area contributed by atoms with Gasteiger partial charge in [0, 0.05) is 6.54 Å². The Balaban J connectivity index is 2.93. The topological polar surface area (TPSA) is 92.4 Å². The van der Waals surface area contributed by atoms with Crippen molar-refractivity contribution in [2.75, 3.05) is 0 Å². The van der Waals surface area contributed by atoms with Gasteiger partial charge in [-0.15, -0.1) is 0 Å². The fraction of sp³-hybridized carbons (Fsp3) is 0.429. The van der Waals surface area contributed by atoms with Crippen LogP contribution < -0.4 is 11.1 Å². The Morgan fingerprint density at radius 3 is 2.42 bits per heavy atom. The van der Waals surface area contributed by atoms with Crippen molar-refractivity contribution >= 4 is 11.9 Å². The van der Waals surface area contributed by atoms with E-state index in [0.717, 1.165) is 0 Å². The van der Waals surface area contributed by atoms with Crippen molar-refractivity contribution in [2.45, 2.75) is 32.9 Å². The summed E-state index contributed by atoms with van der Waals surface area (Å²) in [5, 5.41) is 12.2. The van der Waals surface area contributed by atoms with E-state index in [1.807, 2.05) is 13.8 Å². The molecule has 0 radical (unpaired) electrons. The van der Waals surface area contributed by atoms with Crippen molar-refractivity contribution in [1.29, 1.82) is 0 Å². The van der Waals surface area contributed by atoms with Crippen molar-refractivity contribution in [2.24, 2.45) is 11.7 Å². The minimum absolute atomic E-state index is 0.00184. The van der Waals surface area contributed by atoms with E-state index in [0.29, 0.717) is 5.56 Å². The molecule has 0 bridgehead atoms. The molecule has 0 fully saturated rings. The third-order valence-electron chi connectivity index (χ3n) is 3.56. The number of carboxylic acids is 1. The van der Waals surface area contributed by atoms with Gasteiger partial charge in [0.15, 0.2) is 0 Å². The molecule has 0 saturated carbocycles. The highest BCUT2D eigenvalue weighted by atomic mass is 16.4. The molecule has 0 aliphatic carbocycles. The summed E-state index contributed by atoms with van der Waals surface area (Å²) in [7, 11) is 0. The van der Waals surface area contributed by atoms with Gasteiger partial charge in [-0.05, 0) is 24.5 Å². The van der Waals surface area contributed by atoms with Crippen molar-refractivity contribution in [3.63, 3.8) is 0 Å². The van der Waals surface area contributed by atoms with Gasteiger partial charge in [-0.1, -0.05) is 32.0 Å². The molecule has 1 atom stereocenters. The molecule has 0 aliphatic rings. The van der Waals surface area contributed by atoms with Crippen molar-refractivity contribution in [3.8, 4) is 0 Å². The van der Waals surface area contributed by atoms with Crippen LogP contribution in [0, 0.1) is 5.92 Å². The minimum atomic E-state index is -0.984. The Kier molecular flexibility index (Phi) is 4.67. The molecule has 1 amide bonds. The highest BCUT2D eigenvalue weighted by Gasteiger charge is 2.34. The summed E-state index contributed by atoms with van der Waals surface area (Å²) in [4.78, 5) is 22.6. The molecule has 1 unspecified atom stereocenters. The molecule has 1 aromatic rings. The minimum Gasteiger partial charge on any atom is -0.478 e. The maximum absolute atomic E-state index is 11.5. The summed E-state index contributed by atoms with van der Waals surface area (Å²) in [5.74, 6) is -1.43. The fourth-order valence-corrected chi connectivity index (χ4v) is 1.74. The van der Waals surface area contributed by atoms with Crippen LogP contribution in [0.15, 0.2) is 24.3 Å². The Morgan fingerprint density at radius 1 is 1.37 bits per heavy atom. The first-order valence-electron chi connectivity index (χ1n) is 6.15. The average molecular weight is 264 g/mol. The number of carboxylic acid groups (broad SMARTS) is 1. The second-order valence-corrected chi connectivity index (χ2v) is 5.04. The van der Waals surface area contributed by atoms with E-state index >= 15 is 0 Å². The Labute approximate surface area is 112 Å². The zero-order valence-corrected chi connectivity index (χ0v) is 11.4. The average Bonchev–Trinajstić information content (AvgIpc) is 2.35. The summed E-state index contributed by atoms with van der Waals surface area (Å²) >= 11 is 0. The van der Waals surface area contributed by atoms with Crippen LogP contribution in [0.3, 0.4) is 0 Å². The number of carbonyl (C=O) groups excluding carboxylic acids is 1. The Morgan fingerprint density at radius 2 is 1.95 bits per heavy atom. The summed E-state index contributed by atoms with van der Waals surface area (Å²) in [6.07, 6.45) is 0. The molecular formula is C14H20N2O3. The third-order valence-corrected chi connectivity index (χ3v) is 3.56. The highest BCUT2D eigenvalue weighted by molar-refractivity contribution is 5.89. The first-order valence-corrected chi connectivity index (χ1v) is 6.15. The second kappa shape index (κ2) is 5.84. The Bertz CT molecular complexity index is 485. The normalized spacial score (nSPS) is 14.1. The number of nitrogens with one attached hydrogen (secondary N) is 1. The van der Waals surface area contributed by atoms with E-state index in [1.165, 1.54) is 6.07 Å². The molecule has 0 aromatic heterocycles. The molecule has 19 heavy (non-hydrogen) atoms. The van der Waals surface area contributed by atoms with E-state index in [2.05, 4.69) is 5.32 Å². The maximum atomic E-state index is 11.5. The van der Waals surface area contributed by atoms with Crippen molar-refractivity contribution in [1.82, 2.24) is 5.32 Å². The molecule has 5 heteroatoms. The predicted molar refractivity (Wildman–Crippen MR) is 72.7 cm³/mol. The molecule has 0 aliphatic heterocycles. The number of hydrogen-bond donors (Lipinski definition) is 3. The van der Waals surface area contributed by atoms with Crippen LogP contribution >= 0.6 is 0 Å². The van der Waals surface area contributed by atoms with E-state index in [1.54, 1.807) is 25.1 Å². The number of nitrogens with two attached hydrogens (primary N) is 1. The lowest BCUT2D eigenvalue weighted by molar-refractivity contribution is -0.125. The van der Waals surface area contributed by atoms with Crippen molar-refractivity contribution in [3.05, 3.63) is 35.4 Å². The van der Waals surface area contributed by atoms with Crippen LogP contribution in [-0.4, -0.2) is 22.5 Å². The van der Waals surface area contributed by atoms with Gasteiger partial charge < -0.3 is 10.8 Å². The SMILES string of the molecule is CC(C)C(C)(NCc1ccccc1C(=O)O)C(N)=O. The lowest BCUT2D eigenvalue weighted by Crippen LogP contribution is -2.56. The summed E-state index contributed by atoms with van der Waals surface area (Å²) in [6, 6.07) is 6.69. The molecule has 0 saturated heterocycles. The number of aromatic carboxylic acids is 1. The van der Waals surface area contributed by atoms with Gasteiger partial charge in [0.25, 0.3) is 0 Å². The molecular weight excluding hydrogens is 244 g/mol. The zero-order chi connectivity index (χ0) is 14.6. The molecule has 1 aromatic carbocycles. The monoisotopic (exact) mass is 264 g/mol. The first kappa shape index (κ1) is 15.2. The lowest BCUT2D eigenvalue weighted by atomic mass is 9.87. The third kappa shape index (κ3) is 3.32. The number of hydrogen-bond acceptors (Lipinski definition) is 3. The van der Waals surface area contributed by atoms with Gasteiger partial charge in [-0.2, -0.15) is 0 Å². The van der Waals surface area contributed by atoms with Crippen LogP contribution in [0.4, 0.5) is 0 Å². The zero-order valence-electron chi connectivity index (χ0n) is 11.4. The van der Waals surface area contributed by atoms with Gasteiger partial charge >= 0.3 is 5.97 Å². The van der Waals surface area contributed by atoms with Crippen LogP contribution in [-0.2, 0) is 11.3 Å². The molecule has 0 spiro atoms. The first-order chi connectivity index (χ1) is 8.79. The van der Waals surface area contributed by atoms with Gasteiger partial charge in [-0.3, -0.25) is 10.1 Å². The molecule has 4 N–H and O–H groups in total. The number of rotatable bonds is 6. The summed E-state index contributed by atoms with van der Waals surface area (Å²) < 4.78 is 0. The molecule has 1 rings (SSSR count). The largest absolute Gasteiger partial charge is 0.478 e. The maximum Gasteiger partial charge on any atom is 0.336 e. The number of amides is 1. The van der Waals surface area contributed by atoms with E-state index in [9.17, 15) is 9.59 Å². The van der Waals surface area contributed by atoms with Crippen LogP contribution in [0.1, 0.15) is 36.7 Å². The van der Waals surface area contributed by atoms with E-state index in [4.69, 9.17) is 10.8 Å². The van der Waals surface area contributed by atoms with Gasteiger partial charge in [0.05, 0.1) is 11.1 Å². The summed E-state index contributed by atoms with van der Waals surface area (Å²) in [6.45, 7) is 5.78. The second-order valence-electron chi connectivity index (χ2n) is 5.04. The number of carbonyl (C=O) groups is 2. The summed E-state index contributed by atoms with van der Waals surface area (Å²) in [5.41, 5.74) is 5.40. The molecule has 104 valence electrons. The van der Waals surface area contributed by atoms with E-state index < -0.39 is 17.4 Å². The highest BCUT2D eigenvalue weighted by Crippen LogP contribution is 2.18. The predicted octanol–water partition coefficient (Wildman–Crippen LogP) is 1.37. The number of benzene rings is 1. The van der Waals surface area contributed by atoms with Gasteiger partial charge in [-0.25, -0.2) is 4.79 Å². The van der Waals surface area contributed by atoms with E-state index in [-0.39, 0.29) is 18.0 Å². The van der Waals surface area contributed by atoms with Crippen LogP contribution in [0.5, 0.6) is 0 Å².